The zero-order chi connectivity index (χ0) is 19.2. The average Bonchev–Trinajstić information content (AvgIpc) is 3.24. The van der Waals surface area contributed by atoms with Crippen molar-refractivity contribution in [1.29, 1.82) is 0 Å². The predicted octanol–water partition coefficient (Wildman–Crippen LogP) is 4.46. The highest BCUT2D eigenvalue weighted by molar-refractivity contribution is 14.0. The summed E-state index contributed by atoms with van der Waals surface area (Å²) in [7, 11) is 3.84. The van der Waals surface area contributed by atoms with E-state index in [4.69, 9.17) is 0 Å². The number of aliphatic imine (C=N–C) groups is 1. The van der Waals surface area contributed by atoms with E-state index in [9.17, 15) is 4.79 Å². The summed E-state index contributed by atoms with van der Waals surface area (Å²) in [5.74, 6) is 1.13. The number of thiophene rings is 1. The van der Waals surface area contributed by atoms with Crippen LogP contribution < -0.4 is 5.32 Å². The van der Waals surface area contributed by atoms with E-state index < -0.39 is 0 Å². The lowest BCUT2D eigenvalue weighted by molar-refractivity contribution is -0.128. The van der Waals surface area contributed by atoms with Gasteiger partial charge < -0.3 is 15.1 Å². The minimum Gasteiger partial charge on any atom is -0.352 e. The van der Waals surface area contributed by atoms with Crippen LogP contribution in [-0.4, -0.2) is 42.3 Å². The lowest BCUT2D eigenvalue weighted by Gasteiger charge is -2.22. The Bertz CT molecular complexity index is 826. The van der Waals surface area contributed by atoms with Crippen molar-refractivity contribution >= 4 is 63.1 Å². The van der Waals surface area contributed by atoms with Crippen LogP contribution in [0.2, 0.25) is 0 Å². The monoisotopic (exact) mass is 576 g/mol. The number of likely N-dealkylation sites (tertiary alicyclic amines) is 1. The molecule has 0 radical (unpaired) electrons. The first kappa shape index (κ1) is 23.2. The number of nitrogens with one attached hydrogen (secondary N) is 1. The van der Waals surface area contributed by atoms with Gasteiger partial charge in [-0.2, -0.15) is 0 Å². The maximum atomic E-state index is 11.8. The number of carbonyl (C=O) groups excluding carboxylic acids is 1. The molecule has 1 saturated heterocycles. The van der Waals surface area contributed by atoms with Gasteiger partial charge in [0.1, 0.15) is 0 Å². The van der Waals surface area contributed by atoms with Crippen LogP contribution in [0.25, 0.3) is 0 Å². The zero-order valence-electron chi connectivity index (χ0n) is 16.2. The first-order chi connectivity index (χ1) is 13.0. The van der Waals surface area contributed by atoms with Gasteiger partial charge in [-0.05, 0) is 45.6 Å². The van der Waals surface area contributed by atoms with Crippen LogP contribution >= 0.6 is 51.2 Å². The van der Waals surface area contributed by atoms with E-state index in [0.29, 0.717) is 19.5 Å². The Kier molecular flexibility index (Phi) is 9.23. The van der Waals surface area contributed by atoms with Gasteiger partial charge >= 0.3 is 0 Å². The third-order valence-corrected chi connectivity index (χ3v) is 6.19. The van der Waals surface area contributed by atoms with Crippen molar-refractivity contribution in [3.8, 4) is 0 Å². The minimum atomic E-state index is 0. The smallest absolute Gasteiger partial charge is 0.222 e. The van der Waals surface area contributed by atoms with E-state index in [1.165, 1.54) is 16.0 Å². The molecule has 28 heavy (non-hydrogen) atoms. The van der Waals surface area contributed by atoms with Gasteiger partial charge in [-0.3, -0.25) is 9.79 Å². The fourth-order valence-electron chi connectivity index (χ4n) is 3.24. The second-order valence-electron chi connectivity index (χ2n) is 6.70. The molecule has 5 nitrogen and oxygen atoms in total. The van der Waals surface area contributed by atoms with Crippen LogP contribution in [0.1, 0.15) is 28.8 Å². The standard InChI is InChI=1S/C20H25BrN4OS.HI/c1-22-20(24(2)14-17-8-9-18(21)27-17)23-12-15-5-3-6-16(11-15)13-25-10-4-7-19(25)26;/h3,5-6,8-9,11H,4,7,10,12-14H2,1-2H3,(H,22,23);1H. The van der Waals surface area contributed by atoms with Crippen molar-refractivity contribution in [2.45, 2.75) is 32.5 Å². The van der Waals surface area contributed by atoms with Gasteiger partial charge in [0, 0.05) is 45.0 Å². The maximum absolute atomic E-state index is 11.8. The first-order valence-electron chi connectivity index (χ1n) is 9.07. The average molecular weight is 577 g/mol. The molecule has 1 amide bonds. The topological polar surface area (TPSA) is 47.9 Å². The number of amides is 1. The van der Waals surface area contributed by atoms with E-state index >= 15 is 0 Å². The summed E-state index contributed by atoms with van der Waals surface area (Å²) in [5.41, 5.74) is 2.36. The van der Waals surface area contributed by atoms with Crippen LogP contribution in [0.3, 0.4) is 0 Å². The zero-order valence-corrected chi connectivity index (χ0v) is 20.9. The van der Waals surface area contributed by atoms with Crippen LogP contribution in [0.4, 0.5) is 0 Å². The van der Waals surface area contributed by atoms with Crippen LogP contribution in [0, 0.1) is 0 Å². The van der Waals surface area contributed by atoms with Crippen molar-refractivity contribution < 1.29 is 4.79 Å². The first-order valence-corrected chi connectivity index (χ1v) is 10.7. The van der Waals surface area contributed by atoms with Crippen molar-refractivity contribution in [3.05, 3.63) is 56.2 Å². The molecule has 1 fully saturated rings. The highest BCUT2D eigenvalue weighted by atomic mass is 127. The van der Waals surface area contributed by atoms with Gasteiger partial charge in [0.15, 0.2) is 5.96 Å². The van der Waals surface area contributed by atoms with E-state index in [1.807, 2.05) is 11.9 Å². The minimum absolute atomic E-state index is 0. The Labute approximate surface area is 196 Å². The van der Waals surface area contributed by atoms with E-state index in [0.717, 1.165) is 29.3 Å². The fraction of sp³-hybridized carbons (Fsp3) is 0.400. The molecule has 1 N–H and O–H groups in total. The Morgan fingerprint density at radius 3 is 2.75 bits per heavy atom. The fourth-order valence-corrected chi connectivity index (χ4v) is 4.78. The Balaban J connectivity index is 0.00000280. The van der Waals surface area contributed by atoms with Crippen LogP contribution in [0.15, 0.2) is 45.2 Å². The Hall–Kier alpha value is -1.13. The number of rotatable bonds is 6. The van der Waals surface area contributed by atoms with Gasteiger partial charge in [0.25, 0.3) is 0 Å². The molecular weight excluding hydrogens is 551 g/mol. The molecule has 152 valence electrons. The molecule has 1 aromatic carbocycles. The highest BCUT2D eigenvalue weighted by Gasteiger charge is 2.20. The Morgan fingerprint density at radius 1 is 1.32 bits per heavy atom. The van der Waals surface area contributed by atoms with E-state index in [-0.39, 0.29) is 29.9 Å². The molecule has 0 unspecified atom stereocenters. The van der Waals surface area contributed by atoms with Gasteiger partial charge in [-0.25, -0.2) is 0 Å². The summed E-state index contributed by atoms with van der Waals surface area (Å²) in [4.78, 5) is 21.6. The molecule has 0 spiro atoms. The third kappa shape index (κ3) is 6.45. The molecule has 1 aromatic heterocycles. The predicted molar refractivity (Wildman–Crippen MR) is 130 cm³/mol. The molecule has 1 aliphatic rings. The number of guanidine groups is 1. The molecule has 8 heteroatoms. The number of nitrogens with zero attached hydrogens (tertiary/aromatic N) is 3. The van der Waals surface area contributed by atoms with Crippen molar-refractivity contribution in [2.24, 2.45) is 4.99 Å². The summed E-state index contributed by atoms with van der Waals surface area (Å²) >= 11 is 5.24. The van der Waals surface area contributed by atoms with Gasteiger partial charge in [0.2, 0.25) is 5.91 Å². The molecule has 0 bridgehead atoms. The van der Waals surface area contributed by atoms with Gasteiger partial charge in [-0.1, -0.05) is 24.3 Å². The molecular formula is C20H26BrIN4OS. The van der Waals surface area contributed by atoms with E-state index in [2.05, 4.69) is 67.5 Å². The number of carbonyl (C=O) groups is 1. The second-order valence-corrected chi connectivity index (χ2v) is 9.25. The molecule has 2 heterocycles. The molecule has 0 saturated carbocycles. The number of hydrogen-bond donors (Lipinski definition) is 1. The van der Waals surface area contributed by atoms with E-state index in [1.54, 1.807) is 18.4 Å². The third-order valence-electron chi connectivity index (χ3n) is 4.58. The SMILES string of the molecule is CN=C(NCc1cccc(CN2CCCC2=O)c1)N(C)Cc1ccc(Br)s1.I. The normalized spacial score (nSPS) is 14.2. The van der Waals surface area contributed by atoms with Crippen molar-refractivity contribution in [3.63, 3.8) is 0 Å². The van der Waals surface area contributed by atoms with Crippen molar-refractivity contribution in [2.75, 3.05) is 20.6 Å². The summed E-state index contributed by atoms with van der Waals surface area (Å²) in [6, 6.07) is 12.6. The summed E-state index contributed by atoms with van der Waals surface area (Å²) in [6.45, 7) is 3.09. The lowest BCUT2D eigenvalue weighted by Crippen LogP contribution is -2.37. The summed E-state index contributed by atoms with van der Waals surface area (Å²) in [6.07, 6.45) is 1.66. The van der Waals surface area contributed by atoms with Gasteiger partial charge in [-0.15, -0.1) is 35.3 Å². The quantitative estimate of drug-likeness (QED) is 0.314. The number of hydrogen-bond acceptors (Lipinski definition) is 3. The highest BCUT2D eigenvalue weighted by Crippen LogP contribution is 2.23. The lowest BCUT2D eigenvalue weighted by atomic mass is 10.1. The Morgan fingerprint density at radius 2 is 2.11 bits per heavy atom. The summed E-state index contributed by atoms with van der Waals surface area (Å²) in [5, 5.41) is 3.43. The van der Waals surface area contributed by atoms with Crippen molar-refractivity contribution in [1.82, 2.24) is 15.1 Å². The molecule has 2 aromatic rings. The summed E-state index contributed by atoms with van der Waals surface area (Å²) < 4.78 is 1.14. The number of halogens is 2. The largest absolute Gasteiger partial charge is 0.352 e. The molecule has 1 aliphatic heterocycles. The second kappa shape index (κ2) is 11.2. The van der Waals surface area contributed by atoms with Crippen LogP contribution in [0.5, 0.6) is 0 Å². The van der Waals surface area contributed by atoms with Gasteiger partial charge in [0.05, 0.1) is 10.3 Å². The number of benzene rings is 1. The maximum Gasteiger partial charge on any atom is 0.222 e. The van der Waals surface area contributed by atoms with Crippen LogP contribution in [-0.2, 0) is 24.4 Å². The molecule has 3 rings (SSSR count). The molecule has 0 atom stereocenters. The molecule has 0 aliphatic carbocycles.